The summed E-state index contributed by atoms with van der Waals surface area (Å²) >= 11 is 0. The maximum Gasteiger partial charge on any atom is 0.333 e. The molecule has 1 aliphatic carbocycles. The van der Waals surface area contributed by atoms with Crippen molar-refractivity contribution in [3.05, 3.63) is 54.0 Å². The summed E-state index contributed by atoms with van der Waals surface area (Å²) in [5, 5.41) is 20.1. The molecule has 0 fully saturated rings. The van der Waals surface area contributed by atoms with Crippen molar-refractivity contribution in [3.63, 3.8) is 0 Å². The molecule has 4 rings (SSSR count). The SMILES string of the molecule is CC[C@@H](CCOS(N)(=O)=O)[C@@H](O)Cn1ccc2c(N[C@H]3CCc4ccccc43)ncnc21. The zero-order chi connectivity index (χ0) is 22.7. The summed E-state index contributed by atoms with van der Waals surface area (Å²) in [7, 11) is -3.98. The largest absolute Gasteiger partial charge is 0.391 e. The molecule has 3 atom stereocenters. The molecular weight excluding hydrogens is 430 g/mol. The maximum absolute atomic E-state index is 11.0. The molecule has 4 N–H and O–H groups in total. The summed E-state index contributed by atoms with van der Waals surface area (Å²) in [5.41, 5.74) is 3.41. The molecule has 10 heteroatoms. The smallest absolute Gasteiger partial charge is 0.333 e. The van der Waals surface area contributed by atoms with Gasteiger partial charge in [0.1, 0.15) is 17.8 Å². The molecule has 2 heterocycles. The van der Waals surface area contributed by atoms with E-state index in [2.05, 4.69) is 43.7 Å². The van der Waals surface area contributed by atoms with Crippen LogP contribution in [0, 0.1) is 5.92 Å². The molecule has 0 unspecified atom stereocenters. The van der Waals surface area contributed by atoms with Crippen LogP contribution < -0.4 is 10.5 Å². The second-order valence-electron chi connectivity index (χ2n) is 8.20. The van der Waals surface area contributed by atoms with Gasteiger partial charge in [-0.2, -0.15) is 8.42 Å². The topological polar surface area (TPSA) is 132 Å². The molecule has 172 valence electrons. The molecule has 0 saturated heterocycles. The van der Waals surface area contributed by atoms with Gasteiger partial charge < -0.3 is 15.0 Å². The lowest BCUT2D eigenvalue weighted by molar-refractivity contribution is 0.0760. The van der Waals surface area contributed by atoms with Crippen LogP contribution in [-0.2, 0) is 27.5 Å². The van der Waals surface area contributed by atoms with E-state index in [4.69, 9.17) is 5.14 Å². The van der Waals surface area contributed by atoms with Crippen LogP contribution in [-0.4, -0.2) is 40.8 Å². The van der Waals surface area contributed by atoms with E-state index in [0.717, 1.165) is 29.7 Å². The minimum absolute atomic E-state index is 0.0556. The van der Waals surface area contributed by atoms with Crippen molar-refractivity contribution in [2.45, 2.75) is 51.3 Å². The van der Waals surface area contributed by atoms with Crippen LogP contribution in [0.15, 0.2) is 42.9 Å². The standard InChI is InChI=1S/C22H29N5O4S/c1-2-15(10-12-31-32(23,29)30)20(28)13-27-11-9-18-21(24-14-25-22(18)27)26-19-8-7-16-5-3-4-6-17(16)19/h3-6,9,11,14-15,19-20,28H,2,7-8,10,12-13H2,1H3,(H2,23,29,30)(H,24,25,26)/t15-,19-,20-/m0/s1. The van der Waals surface area contributed by atoms with Gasteiger partial charge in [0.05, 0.1) is 30.7 Å². The average molecular weight is 460 g/mol. The minimum Gasteiger partial charge on any atom is -0.391 e. The molecule has 32 heavy (non-hydrogen) atoms. The number of nitrogens with one attached hydrogen (secondary N) is 1. The fraction of sp³-hybridized carbons (Fsp3) is 0.455. The van der Waals surface area contributed by atoms with Crippen LogP contribution in [0.25, 0.3) is 11.0 Å². The van der Waals surface area contributed by atoms with E-state index in [-0.39, 0.29) is 18.6 Å². The summed E-state index contributed by atoms with van der Waals surface area (Å²) in [5.74, 6) is 0.641. The van der Waals surface area contributed by atoms with Crippen molar-refractivity contribution in [1.29, 1.82) is 0 Å². The number of nitrogens with zero attached hydrogens (tertiary/aromatic N) is 3. The number of nitrogens with two attached hydrogens (primary N) is 1. The Bertz CT molecular complexity index is 1180. The van der Waals surface area contributed by atoms with E-state index in [1.54, 1.807) is 0 Å². The van der Waals surface area contributed by atoms with E-state index in [9.17, 15) is 13.5 Å². The second kappa shape index (κ2) is 9.53. The Labute approximate surface area is 187 Å². The molecule has 2 aromatic heterocycles. The van der Waals surface area contributed by atoms with Gasteiger partial charge in [-0.25, -0.2) is 15.1 Å². The summed E-state index contributed by atoms with van der Waals surface area (Å²) in [6.07, 6.45) is 5.86. The fourth-order valence-corrected chi connectivity index (χ4v) is 4.80. The highest BCUT2D eigenvalue weighted by Gasteiger charge is 2.24. The Kier molecular flexibility index (Phi) is 6.75. The van der Waals surface area contributed by atoms with Crippen LogP contribution in [0.3, 0.4) is 0 Å². The Balaban J connectivity index is 1.47. The van der Waals surface area contributed by atoms with Crippen molar-refractivity contribution in [3.8, 4) is 0 Å². The minimum atomic E-state index is -3.98. The molecular formula is C22H29N5O4S. The number of benzene rings is 1. The molecule has 1 aromatic carbocycles. The molecule has 0 aliphatic heterocycles. The van der Waals surface area contributed by atoms with Gasteiger partial charge in [-0.15, -0.1) is 0 Å². The first kappa shape index (κ1) is 22.7. The Morgan fingerprint density at radius 3 is 2.91 bits per heavy atom. The molecule has 0 spiro atoms. The van der Waals surface area contributed by atoms with Crippen molar-refractivity contribution < 1.29 is 17.7 Å². The molecule has 0 saturated carbocycles. The first-order valence-corrected chi connectivity index (χ1v) is 12.3. The van der Waals surface area contributed by atoms with Crippen LogP contribution >= 0.6 is 0 Å². The second-order valence-corrected chi connectivity index (χ2v) is 9.42. The number of fused-ring (bicyclic) bond motifs is 2. The monoisotopic (exact) mass is 459 g/mol. The lowest BCUT2D eigenvalue weighted by Crippen LogP contribution is -2.27. The third kappa shape index (κ3) is 5.09. The summed E-state index contributed by atoms with van der Waals surface area (Å²) in [6.45, 7) is 2.22. The van der Waals surface area contributed by atoms with Crippen molar-refractivity contribution in [2.75, 3.05) is 11.9 Å². The summed E-state index contributed by atoms with van der Waals surface area (Å²) in [6, 6.07) is 10.6. The predicted octanol–water partition coefficient (Wildman–Crippen LogP) is 2.53. The molecule has 9 nitrogen and oxygen atoms in total. The zero-order valence-corrected chi connectivity index (χ0v) is 18.8. The van der Waals surface area contributed by atoms with Crippen molar-refractivity contribution >= 4 is 27.2 Å². The highest BCUT2D eigenvalue weighted by Crippen LogP contribution is 2.34. The third-order valence-electron chi connectivity index (χ3n) is 6.19. The number of aliphatic hydroxyl groups excluding tert-OH is 1. The van der Waals surface area contributed by atoms with E-state index >= 15 is 0 Å². The first-order chi connectivity index (χ1) is 15.4. The Morgan fingerprint density at radius 2 is 2.12 bits per heavy atom. The van der Waals surface area contributed by atoms with Gasteiger partial charge in [0, 0.05) is 6.20 Å². The van der Waals surface area contributed by atoms with Crippen molar-refractivity contribution in [1.82, 2.24) is 14.5 Å². The Hall–Kier alpha value is -2.53. The van der Waals surface area contributed by atoms with Gasteiger partial charge in [-0.3, -0.25) is 4.18 Å². The summed E-state index contributed by atoms with van der Waals surface area (Å²) < 4.78 is 28.5. The highest BCUT2D eigenvalue weighted by atomic mass is 32.2. The zero-order valence-electron chi connectivity index (χ0n) is 18.0. The van der Waals surface area contributed by atoms with Crippen LogP contribution in [0.5, 0.6) is 0 Å². The van der Waals surface area contributed by atoms with Gasteiger partial charge in [-0.05, 0) is 42.4 Å². The molecule has 0 amide bonds. The number of hydrogen-bond donors (Lipinski definition) is 3. The predicted molar refractivity (Wildman–Crippen MR) is 122 cm³/mol. The molecule has 3 aromatic rings. The molecule has 0 radical (unpaired) electrons. The Morgan fingerprint density at radius 1 is 1.31 bits per heavy atom. The molecule has 0 bridgehead atoms. The van der Waals surface area contributed by atoms with E-state index in [1.807, 2.05) is 23.8 Å². The first-order valence-electron chi connectivity index (χ1n) is 10.8. The normalized spacial score (nSPS) is 17.9. The van der Waals surface area contributed by atoms with Gasteiger partial charge in [0.15, 0.2) is 0 Å². The van der Waals surface area contributed by atoms with Gasteiger partial charge in [0.2, 0.25) is 0 Å². The number of rotatable bonds is 10. The quantitative estimate of drug-likeness (QED) is 0.424. The third-order valence-corrected chi connectivity index (χ3v) is 6.68. The van der Waals surface area contributed by atoms with E-state index in [1.165, 1.54) is 17.5 Å². The number of aromatic nitrogens is 3. The van der Waals surface area contributed by atoms with Gasteiger partial charge >= 0.3 is 10.3 Å². The lowest BCUT2D eigenvalue weighted by atomic mass is 9.96. The van der Waals surface area contributed by atoms with Crippen molar-refractivity contribution in [2.24, 2.45) is 11.1 Å². The maximum atomic E-state index is 11.0. The summed E-state index contributed by atoms with van der Waals surface area (Å²) in [4.78, 5) is 8.90. The highest BCUT2D eigenvalue weighted by molar-refractivity contribution is 7.84. The lowest BCUT2D eigenvalue weighted by Gasteiger charge is -2.22. The number of aliphatic hydroxyl groups is 1. The van der Waals surface area contributed by atoms with E-state index < -0.39 is 16.4 Å². The van der Waals surface area contributed by atoms with Crippen LogP contribution in [0.2, 0.25) is 0 Å². The van der Waals surface area contributed by atoms with Gasteiger partial charge in [0.25, 0.3) is 0 Å². The number of hydrogen-bond acceptors (Lipinski definition) is 7. The average Bonchev–Trinajstić information content (AvgIpc) is 3.36. The fourth-order valence-electron chi connectivity index (χ4n) is 4.47. The molecule has 1 aliphatic rings. The van der Waals surface area contributed by atoms with Crippen LogP contribution in [0.1, 0.15) is 43.4 Å². The van der Waals surface area contributed by atoms with Gasteiger partial charge in [-0.1, -0.05) is 37.6 Å². The van der Waals surface area contributed by atoms with Crippen LogP contribution in [0.4, 0.5) is 5.82 Å². The number of anilines is 1. The van der Waals surface area contributed by atoms with E-state index in [0.29, 0.717) is 19.4 Å². The number of aryl methyl sites for hydroxylation is 1.